The largest absolute Gasteiger partial charge is 0.338 e. The summed E-state index contributed by atoms with van der Waals surface area (Å²) in [5.74, 6) is 0.497. The van der Waals surface area contributed by atoms with E-state index in [1.807, 2.05) is 37.9 Å². The van der Waals surface area contributed by atoms with Crippen molar-refractivity contribution < 1.29 is 4.79 Å². The summed E-state index contributed by atoms with van der Waals surface area (Å²) in [6, 6.07) is 4.05. The van der Waals surface area contributed by atoms with Gasteiger partial charge in [-0.1, -0.05) is 12.8 Å². The van der Waals surface area contributed by atoms with Crippen LogP contribution in [-0.2, 0) is 0 Å². The number of nitrogens with two attached hydrogens (primary N) is 1. The van der Waals surface area contributed by atoms with Crippen LogP contribution in [0.1, 0.15) is 47.4 Å². The Balaban J connectivity index is 2.18. The van der Waals surface area contributed by atoms with Crippen molar-refractivity contribution in [3.8, 4) is 0 Å². The van der Waals surface area contributed by atoms with Gasteiger partial charge in [-0.2, -0.15) is 0 Å². The normalized spacial score (nSPS) is 22.6. The van der Waals surface area contributed by atoms with Crippen molar-refractivity contribution in [1.82, 2.24) is 9.88 Å². The lowest BCUT2D eigenvalue weighted by Gasteiger charge is -2.37. The first-order valence-corrected chi connectivity index (χ1v) is 7.46. The molecule has 2 rings (SSSR count). The fourth-order valence-electron chi connectivity index (χ4n) is 3.23. The minimum Gasteiger partial charge on any atom is -0.338 e. The van der Waals surface area contributed by atoms with Gasteiger partial charge in [0.1, 0.15) is 0 Å². The summed E-state index contributed by atoms with van der Waals surface area (Å²) in [6.45, 7) is 4.50. The first-order valence-electron chi connectivity index (χ1n) is 7.46. The molecule has 110 valence electrons. The molecule has 1 aliphatic carbocycles. The molecule has 1 amide bonds. The molecule has 1 fully saturated rings. The first-order chi connectivity index (χ1) is 9.54. The Morgan fingerprint density at radius 1 is 1.35 bits per heavy atom. The van der Waals surface area contributed by atoms with E-state index in [2.05, 4.69) is 4.98 Å². The number of rotatable bonds is 3. The van der Waals surface area contributed by atoms with Crippen LogP contribution in [0.25, 0.3) is 0 Å². The molecule has 0 saturated heterocycles. The molecule has 0 radical (unpaired) electrons. The predicted molar refractivity (Wildman–Crippen MR) is 80.6 cm³/mol. The monoisotopic (exact) mass is 275 g/mol. The molecule has 4 heteroatoms. The molecule has 0 aliphatic heterocycles. The molecule has 1 aromatic rings. The Morgan fingerprint density at radius 3 is 2.70 bits per heavy atom. The van der Waals surface area contributed by atoms with E-state index in [9.17, 15) is 4.79 Å². The van der Waals surface area contributed by atoms with Gasteiger partial charge in [0.25, 0.3) is 5.91 Å². The quantitative estimate of drug-likeness (QED) is 0.920. The van der Waals surface area contributed by atoms with E-state index >= 15 is 0 Å². The molecule has 2 N–H and O–H groups in total. The van der Waals surface area contributed by atoms with Crippen molar-refractivity contribution >= 4 is 5.91 Å². The Hall–Kier alpha value is -1.42. The molecule has 1 aromatic heterocycles. The second kappa shape index (κ2) is 6.35. The molecule has 20 heavy (non-hydrogen) atoms. The Morgan fingerprint density at radius 2 is 2.05 bits per heavy atom. The minimum absolute atomic E-state index is 0.0698. The van der Waals surface area contributed by atoms with Crippen molar-refractivity contribution in [2.75, 3.05) is 13.6 Å². The average Bonchev–Trinajstić information content (AvgIpc) is 2.45. The third-order valence-electron chi connectivity index (χ3n) is 4.44. The molecular formula is C16H25N3O. The number of nitrogens with zero attached hydrogens (tertiary/aromatic N) is 2. The van der Waals surface area contributed by atoms with Crippen molar-refractivity contribution in [3.63, 3.8) is 0 Å². The third-order valence-corrected chi connectivity index (χ3v) is 4.44. The maximum atomic E-state index is 12.7. The number of hydrogen-bond acceptors (Lipinski definition) is 3. The highest BCUT2D eigenvalue weighted by Crippen LogP contribution is 2.28. The number of amides is 1. The molecule has 0 aromatic carbocycles. The highest BCUT2D eigenvalue weighted by Gasteiger charge is 2.30. The fraction of sp³-hybridized carbons (Fsp3) is 0.625. The summed E-state index contributed by atoms with van der Waals surface area (Å²) >= 11 is 0. The standard InChI is InChI=1S/C16H25N3O/c1-11-8-9-14(12(2)18-11)16(20)19(3)15-7-5-4-6-13(15)10-17/h8-9,13,15H,4-7,10,17H2,1-3H3. The smallest absolute Gasteiger partial charge is 0.255 e. The van der Waals surface area contributed by atoms with Crippen LogP contribution in [-0.4, -0.2) is 35.4 Å². The van der Waals surface area contributed by atoms with Crippen LogP contribution in [0, 0.1) is 19.8 Å². The second-order valence-corrected chi connectivity index (χ2v) is 5.85. The molecule has 4 nitrogen and oxygen atoms in total. The number of hydrogen-bond donors (Lipinski definition) is 1. The van der Waals surface area contributed by atoms with E-state index in [1.165, 1.54) is 12.8 Å². The highest BCUT2D eigenvalue weighted by molar-refractivity contribution is 5.95. The molecule has 1 aliphatic rings. The van der Waals surface area contributed by atoms with Crippen LogP contribution in [0.3, 0.4) is 0 Å². The van der Waals surface area contributed by atoms with Gasteiger partial charge in [0.15, 0.2) is 0 Å². The van der Waals surface area contributed by atoms with E-state index in [4.69, 9.17) is 5.73 Å². The van der Waals surface area contributed by atoms with E-state index in [0.717, 1.165) is 24.2 Å². The van der Waals surface area contributed by atoms with Crippen molar-refractivity contribution in [1.29, 1.82) is 0 Å². The second-order valence-electron chi connectivity index (χ2n) is 5.85. The lowest BCUT2D eigenvalue weighted by Crippen LogP contribution is -2.46. The topological polar surface area (TPSA) is 59.2 Å². The minimum atomic E-state index is 0.0698. The van der Waals surface area contributed by atoms with Gasteiger partial charge in [-0.3, -0.25) is 9.78 Å². The average molecular weight is 275 g/mol. The van der Waals surface area contributed by atoms with E-state index < -0.39 is 0 Å². The fourth-order valence-corrected chi connectivity index (χ4v) is 3.23. The van der Waals surface area contributed by atoms with Crippen LogP contribution in [0.15, 0.2) is 12.1 Å². The first kappa shape index (κ1) is 15.0. The zero-order valence-electron chi connectivity index (χ0n) is 12.7. The van der Waals surface area contributed by atoms with Crippen molar-refractivity contribution in [2.45, 2.75) is 45.6 Å². The van der Waals surface area contributed by atoms with E-state index in [0.29, 0.717) is 18.0 Å². The summed E-state index contributed by atoms with van der Waals surface area (Å²) in [5.41, 5.74) is 8.33. The Labute approximate surface area is 121 Å². The van der Waals surface area contributed by atoms with Crippen LogP contribution in [0.2, 0.25) is 0 Å². The van der Waals surface area contributed by atoms with Gasteiger partial charge in [0.2, 0.25) is 0 Å². The van der Waals surface area contributed by atoms with Gasteiger partial charge in [-0.25, -0.2) is 0 Å². The summed E-state index contributed by atoms with van der Waals surface area (Å²) in [4.78, 5) is 19.0. The third kappa shape index (κ3) is 3.01. The van der Waals surface area contributed by atoms with Crippen molar-refractivity contribution in [3.05, 3.63) is 29.1 Å². The van der Waals surface area contributed by atoms with Gasteiger partial charge in [0, 0.05) is 18.8 Å². The number of aryl methyl sites for hydroxylation is 2. The van der Waals surface area contributed by atoms with Crippen LogP contribution in [0.5, 0.6) is 0 Å². The molecule has 2 atom stereocenters. The zero-order chi connectivity index (χ0) is 14.7. The SMILES string of the molecule is Cc1ccc(C(=O)N(C)C2CCCCC2CN)c(C)n1. The van der Waals surface area contributed by atoms with Crippen LogP contribution >= 0.6 is 0 Å². The van der Waals surface area contributed by atoms with Crippen LogP contribution in [0.4, 0.5) is 0 Å². The highest BCUT2D eigenvalue weighted by atomic mass is 16.2. The van der Waals surface area contributed by atoms with Gasteiger partial charge < -0.3 is 10.6 Å². The Kier molecular flexibility index (Phi) is 4.76. The molecule has 1 heterocycles. The van der Waals surface area contributed by atoms with Gasteiger partial charge in [-0.15, -0.1) is 0 Å². The molecule has 1 saturated carbocycles. The number of pyridine rings is 1. The summed E-state index contributed by atoms with van der Waals surface area (Å²) in [6.07, 6.45) is 4.60. The number of aromatic nitrogens is 1. The lowest BCUT2D eigenvalue weighted by molar-refractivity contribution is 0.0619. The molecular weight excluding hydrogens is 250 g/mol. The number of carbonyl (C=O) groups is 1. The maximum Gasteiger partial charge on any atom is 0.255 e. The van der Waals surface area contributed by atoms with Crippen molar-refractivity contribution in [2.24, 2.45) is 11.7 Å². The van der Waals surface area contributed by atoms with Gasteiger partial charge in [-0.05, 0) is 51.3 Å². The van der Waals surface area contributed by atoms with Gasteiger partial charge >= 0.3 is 0 Å². The van der Waals surface area contributed by atoms with E-state index in [-0.39, 0.29) is 11.9 Å². The molecule has 0 bridgehead atoms. The van der Waals surface area contributed by atoms with E-state index in [1.54, 1.807) is 0 Å². The summed E-state index contributed by atoms with van der Waals surface area (Å²) in [5, 5.41) is 0. The van der Waals surface area contributed by atoms with Crippen LogP contribution < -0.4 is 5.73 Å². The molecule has 0 spiro atoms. The summed E-state index contributed by atoms with van der Waals surface area (Å²) in [7, 11) is 1.90. The Bertz CT molecular complexity index is 487. The maximum absolute atomic E-state index is 12.7. The lowest BCUT2D eigenvalue weighted by atomic mass is 9.83. The van der Waals surface area contributed by atoms with Gasteiger partial charge in [0.05, 0.1) is 11.3 Å². The predicted octanol–water partition coefficient (Wildman–Crippen LogP) is 2.29. The number of carbonyl (C=O) groups excluding carboxylic acids is 1. The summed E-state index contributed by atoms with van der Waals surface area (Å²) < 4.78 is 0. The zero-order valence-corrected chi connectivity index (χ0v) is 12.7. The molecule has 2 unspecified atom stereocenters.